The zero-order valence-corrected chi connectivity index (χ0v) is 13.5. The average molecular weight is 401 g/mol. The van der Waals surface area contributed by atoms with E-state index in [0.29, 0.717) is 20.7 Å². The molecule has 0 saturated heterocycles. The molecule has 21 heavy (non-hydrogen) atoms. The van der Waals surface area contributed by atoms with Crippen LogP contribution in [0.15, 0.2) is 29.2 Å². The molecular formula is C13H12IN3O4. The minimum absolute atomic E-state index is 0.0462. The molecule has 0 bridgehead atoms. The van der Waals surface area contributed by atoms with E-state index in [0.717, 1.165) is 0 Å². The molecular weight excluding hydrogens is 389 g/mol. The standard InChI is InChI=1S/C13H12IN3O4/c1-8-15-6-11(14)13(18)16(8)7-9-5-10(17(19)20)3-4-12(9)21-2/h3-6H,7H2,1-2H3. The Morgan fingerprint density at radius 2 is 2.19 bits per heavy atom. The van der Waals surface area contributed by atoms with Crippen LogP contribution >= 0.6 is 22.6 Å². The molecule has 0 N–H and O–H groups in total. The summed E-state index contributed by atoms with van der Waals surface area (Å²) in [4.78, 5) is 26.7. The van der Waals surface area contributed by atoms with Crippen LogP contribution in [0.4, 0.5) is 5.69 Å². The van der Waals surface area contributed by atoms with Gasteiger partial charge in [-0.3, -0.25) is 19.5 Å². The summed E-state index contributed by atoms with van der Waals surface area (Å²) in [6.45, 7) is 1.88. The fraction of sp³-hybridized carbons (Fsp3) is 0.231. The molecule has 2 rings (SSSR count). The molecule has 7 nitrogen and oxygen atoms in total. The number of ether oxygens (including phenoxy) is 1. The van der Waals surface area contributed by atoms with Crippen LogP contribution in [-0.4, -0.2) is 21.6 Å². The molecule has 8 heteroatoms. The molecule has 0 fully saturated rings. The first kappa shape index (κ1) is 15.4. The van der Waals surface area contributed by atoms with Gasteiger partial charge in [-0.25, -0.2) is 4.98 Å². The summed E-state index contributed by atoms with van der Waals surface area (Å²) in [5, 5.41) is 10.9. The molecule has 1 aromatic carbocycles. The average Bonchev–Trinajstić information content (AvgIpc) is 2.47. The number of nitro groups is 1. The topological polar surface area (TPSA) is 87.3 Å². The summed E-state index contributed by atoms with van der Waals surface area (Å²) in [5.74, 6) is 1.03. The Labute approximate surface area is 133 Å². The van der Waals surface area contributed by atoms with E-state index in [9.17, 15) is 14.9 Å². The van der Waals surface area contributed by atoms with Crippen molar-refractivity contribution in [2.24, 2.45) is 0 Å². The SMILES string of the molecule is COc1ccc([N+](=O)[O-])cc1Cn1c(C)ncc(I)c1=O. The van der Waals surface area contributed by atoms with Crippen molar-refractivity contribution >= 4 is 28.3 Å². The first-order valence-electron chi connectivity index (χ1n) is 5.97. The largest absolute Gasteiger partial charge is 0.496 e. The quantitative estimate of drug-likeness (QED) is 0.445. The van der Waals surface area contributed by atoms with Crippen LogP contribution in [0.2, 0.25) is 0 Å². The molecule has 0 aliphatic heterocycles. The second-order valence-corrected chi connectivity index (χ2v) is 5.46. The lowest BCUT2D eigenvalue weighted by molar-refractivity contribution is -0.384. The van der Waals surface area contributed by atoms with Crippen molar-refractivity contribution in [1.29, 1.82) is 0 Å². The molecule has 0 aliphatic rings. The maximum atomic E-state index is 12.2. The van der Waals surface area contributed by atoms with E-state index in [1.54, 1.807) is 6.92 Å². The second-order valence-electron chi connectivity index (χ2n) is 4.30. The van der Waals surface area contributed by atoms with Crippen LogP contribution in [0.5, 0.6) is 5.75 Å². The van der Waals surface area contributed by atoms with E-state index < -0.39 is 4.92 Å². The first-order valence-corrected chi connectivity index (χ1v) is 7.05. The summed E-state index contributed by atoms with van der Waals surface area (Å²) in [5.41, 5.74) is 0.326. The molecule has 0 aliphatic carbocycles. The van der Waals surface area contributed by atoms with Gasteiger partial charge >= 0.3 is 0 Å². The Kier molecular flexibility index (Phi) is 4.56. The number of halogens is 1. The Morgan fingerprint density at radius 3 is 2.81 bits per heavy atom. The molecule has 1 heterocycles. The number of benzene rings is 1. The van der Waals surface area contributed by atoms with E-state index in [-0.39, 0.29) is 17.8 Å². The summed E-state index contributed by atoms with van der Waals surface area (Å²) in [6.07, 6.45) is 1.50. The highest BCUT2D eigenvalue weighted by Crippen LogP contribution is 2.24. The van der Waals surface area contributed by atoms with Crippen LogP contribution in [-0.2, 0) is 6.54 Å². The zero-order chi connectivity index (χ0) is 15.6. The summed E-state index contributed by atoms with van der Waals surface area (Å²) in [6, 6.07) is 4.30. The van der Waals surface area contributed by atoms with Crippen molar-refractivity contribution in [2.75, 3.05) is 7.11 Å². The lowest BCUT2D eigenvalue weighted by Crippen LogP contribution is -2.26. The normalized spacial score (nSPS) is 10.4. The van der Waals surface area contributed by atoms with Gasteiger partial charge < -0.3 is 4.74 Å². The summed E-state index contributed by atoms with van der Waals surface area (Å²) in [7, 11) is 1.48. The predicted octanol–water partition coefficient (Wildman–Crippen LogP) is 2.12. The van der Waals surface area contributed by atoms with Gasteiger partial charge in [0.2, 0.25) is 0 Å². The van der Waals surface area contributed by atoms with Crippen molar-refractivity contribution < 1.29 is 9.66 Å². The van der Waals surface area contributed by atoms with Gasteiger partial charge in [-0.2, -0.15) is 0 Å². The number of non-ortho nitro benzene ring substituents is 1. The van der Waals surface area contributed by atoms with Gasteiger partial charge in [-0.15, -0.1) is 0 Å². The fourth-order valence-corrected chi connectivity index (χ4v) is 2.34. The third-order valence-electron chi connectivity index (χ3n) is 3.01. The second kappa shape index (κ2) is 6.20. The molecule has 0 atom stereocenters. The summed E-state index contributed by atoms with van der Waals surface area (Å²) < 4.78 is 7.15. The van der Waals surface area contributed by atoms with Gasteiger partial charge in [-0.05, 0) is 35.6 Å². The van der Waals surface area contributed by atoms with E-state index >= 15 is 0 Å². The minimum atomic E-state index is -0.481. The van der Waals surface area contributed by atoms with Crippen LogP contribution in [0.1, 0.15) is 11.4 Å². The highest BCUT2D eigenvalue weighted by atomic mass is 127. The number of aromatic nitrogens is 2. The fourth-order valence-electron chi connectivity index (χ4n) is 1.91. The van der Waals surface area contributed by atoms with Crippen LogP contribution in [0.25, 0.3) is 0 Å². The monoisotopic (exact) mass is 401 g/mol. The maximum Gasteiger partial charge on any atom is 0.270 e. The van der Waals surface area contributed by atoms with Gasteiger partial charge in [0.05, 0.1) is 22.1 Å². The molecule has 2 aromatic rings. The number of nitrogens with zero attached hydrogens (tertiary/aromatic N) is 3. The minimum Gasteiger partial charge on any atom is -0.496 e. The molecule has 0 radical (unpaired) electrons. The van der Waals surface area contributed by atoms with E-state index in [1.165, 1.54) is 36.1 Å². The van der Waals surface area contributed by atoms with E-state index in [4.69, 9.17) is 4.74 Å². The van der Waals surface area contributed by atoms with Crippen molar-refractivity contribution in [1.82, 2.24) is 9.55 Å². The van der Waals surface area contributed by atoms with Gasteiger partial charge in [0, 0.05) is 23.9 Å². The zero-order valence-electron chi connectivity index (χ0n) is 11.4. The van der Waals surface area contributed by atoms with E-state index in [1.807, 2.05) is 22.6 Å². The van der Waals surface area contributed by atoms with Gasteiger partial charge in [-0.1, -0.05) is 0 Å². The third kappa shape index (κ3) is 3.20. The number of methoxy groups -OCH3 is 1. The van der Waals surface area contributed by atoms with Gasteiger partial charge in [0.1, 0.15) is 11.6 Å². The number of hydrogen-bond acceptors (Lipinski definition) is 5. The number of rotatable bonds is 4. The molecule has 110 valence electrons. The molecule has 1 aromatic heterocycles. The third-order valence-corrected chi connectivity index (χ3v) is 3.75. The van der Waals surface area contributed by atoms with Crippen molar-refractivity contribution in [2.45, 2.75) is 13.5 Å². The number of aryl methyl sites for hydroxylation is 1. The molecule has 0 amide bonds. The lowest BCUT2D eigenvalue weighted by Gasteiger charge is -2.12. The Balaban J connectivity index is 2.53. The van der Waals surface area contributed by atoms with E-state index in [2.05, 4.69) is 4.98 Å². The van der Waals surface area contributed by atoms with Crippen molar-refractivity contribution in [3.8, 4) is 5.75 Å². The maximum absolute atomic E-state index is 12.2. The first-order chi connectivity index (χ1) is 9.93. The Bertz CT molecular complexity index is 758. The molecule has 0 spiro atoms. The highest BCUT2D eigenvalue weighted by molar-refractivity contribution is 14.1. The predicted molar refractivity (Wildman–Crippen MR) is 84.7 cm³/mol. The van der Waals surface area contributed by atoms with Crippen LogP contribution in [0.3, 0.4) is 0 Å². The Morgan fingerprint density at radius 1 is 1.48 bits per heavy atom. The van der Waals surface area contributed by atoms with Crippen molar-refractivity contribution in [3.05, 3.63) is 59.8 Å². The number of nitro benzene ring substituents is 1. The lowest BCUT2D eigenvalue weighted by atomic mass is 10.1. The van der Waals surface area contributed by atoms with Gasteiger partial charge in [0.15, 0.2) is 0 Å². The van der Waals surface area contributed by atoms with Crippen LogP contribution in [0, 0.1) is 20.6 Å². The summed E-state index contributed by atoms with van der Waals surface area (Å²) >= 11 is 1.91. The van der Waals surface area contributed by atoms with Crippen LogP contribution < -0.4 is 10.3 Å². The highest BCUT2D eigenvalue weighted by Gasteiger charge is 2.14. The smallest absolute Gasteiger partial charge is 0.270 e. The number of hydrogen-bond donors (Lipinski definition) is 0. The molecule has 0 saturated carbocycles. The molecule has 0 unspecified atom stereocenters. The van der Waals surface area contributed by atoms with Crippen molar-refractivity contribution in [3.63, 3.8) is 0 Å². The van der Waals surface area contributed by atoms with Gasteiger partial charge in [0.25, 0.3) is 11.2 Å². The Hall–Kier alpha value is -1.97.